The molecule has 0 saturated carbocycles. The van der Waals surface area contributed by atoms with E-state index in [0.29, 0.717) is 19.2 Å². The third-order valence-electron chi connectivity index (χ3n) is 2.53. The second-order valence-electron chi connectivity index (χ2n) is 4.29. The molecular weight excluding hydrogens is 214 g/mol. The molecule has 102 valence electrons. The number of methoxy groups -OCH3 is 1. The van der Waals surface area contributed by atoms with Gasteiger partial charge in [0.15, 0.2) is 5.96 Å². The highest BCUT2D eigenvalue weighted by molar-refractivity contribution is 5.80. The molecule has 1 atom stereocenters. The Morgan fingerprint density at radius 1 is 1.29 bits per heavy atom. The molecule has 0 radical (unpaired) electrons. The van der Waals surface area contributed by atoms with Crippen LogP contribution in [0.25, 0.3) is 0 Å². The van der Waals surface area contributed by atoms with Crippen molar-refractivity contribution in [1.82, 2.24) is 10.6 Å². The lowest BCUT2D eigenvalue weighted by Crippen LogP contribution is -2.42. The molecule has 2 N–H and O–H groups in total. The molecule has 0 saturated heterocycles. The number of ether oxygens (including phenoxy) is 1. The van der Waals surface area contributed by atoms with Gasteiger partial charge < -0.3 is 15.4 Å². The lowest BCUT2D eigenvalue weighted by molar-refractivity contribution is 0.208. The van der Waals surface area contributed by atoms with Crippen LogP contribution in [0, 0.1) is 0 Å². The van der Waals surface area contributed by atoms with Crippen LogP contribution in [0.5, 0.6) is 0 Å². The fraction of sp³-hybridized carbons (Fsp3) is 0.923. The van der Waals surface area contributed by atoms with Gasteiger partial charge in [-0.05, 0) is 20.3 Å². The molecule has 0 amide bonds. The van der Waals surface area contributed by atoms with E-state index in [-0.39, 0.29) is 0 Å². The van der Waals surface area contributed by atoms with Gasteiger partial charge in [0.25, 0.3) is 0 Å². The first kappa shape index (κ1) is 16.2. The third-order valence-corrected chi connectivity index (χ3v) is 2.53. The summed E-state index contributed by atoms with van der Waals surface area (Å²) in [5, 5.41) is 6.67. The molecule has 17 heavy (non-hydrogen) atoms. The van der Waals surface area contributed by atoms with Crippen molar-refractivity contribution in [2.75, 3.05) is 26.8 Å². The molecule has 4 heteroatoms. The van der Waals surface area contributed by atoms with Gasteiger partial charge in [0.2, 0.25) is 0 Å². The number of nitrogens with one attached hydrogen (secondary N) is 2. The summed E-state index contributed by atoms with van der Waals surface area (Å²) in [7, 11) is 1.70. The zero-order valence-electron chi connectivity index (χ0n) is 11.9. The molecule has 0 bridgehead atoms. The largest absolute Gasteiger partial charge is 0.383 e. The van der Waals surface area contributed by atoms with Crippen LogP contribution in [0.3, 0.4) is 0 Å². The van der Waals surface area contributed by atoms with Crippen LogP contribution in [-0.2, 0) is 4.74 Å². The zero-order valence-corrected chi connectivity index (χ0v) is 11.9. The van der Waals surface area contributed by atoms with Crippen molar-refractivity contribution in [3.63, 3.8) is 0 Å². The lowest BCUT2D eigenvalue weighted by Gasteiger charge is -2.17. The summed E-state index contributed by atoms with van der Waals surface area (Å²) >= 11 is 0. The summed E-state index contributed by atoms with van der Waals surface area (Å²) in [4.78, 5) is 4.44. The number of rotatable bonds is 9. The van der Waals surface area contributed by atoms with E-state index in [1.165, 1.54) is 25.7 Å². The smallest absolute Gasteiger partial charge is 0.191 e. The van der Waals surface area contributed by atoms with Crippen molar-refractivity contribution in [2.45, 2.75) is 52.5 Å². The maximum absolute atomic E-state index is 4.99. The minimum Gasteiger partial charge on any atom is -0.383 e. The van der Waals surface area contributed by atoms with Crippen LogP contribution in [0.2, 0.25) is 0 Å². The van der Waals surface area contributed by atoms with Crippen molar-refractivity contribution in [2.24, 2.45) is 4.99 Å². The molecule has 0 aromatic carbocycles. The molecule has 0 heterocycles. The van der Waals surface area contributed by atoms with E-state index in [4.69, 9.17) is 4.74 Å². The Kier molecular flexibility index (Phi) is 11.2. The highest BCUT2D eigenvalue weighted by Gasteiger charge is 2.04. The molecule has 1 unspecified atom stereocenters. The lowest BCUT2D eigenvalue weighted by atomic mass is 10.1. The van der Waals surface area contributed by atoms with E-state index in [1.807, 2.05) is 0 Å². The molecule has 0 aromatic rings. The Balaban J connectivity index is 3.91. The molecule has 0 fully saturated rings. The van der Waals surface area contributed by atoms with Gasteiger partial charge in [0.05, 0.1) is 13.2 Å². The van der Waals surface area contributed by atoms with Gasteiger partial charge >= 0.3 is 0 Å². The summed E-state index contributed by atoms with van der Waals surface area (Å²) in [6.07, 6.45) is 5.06. The number of hydrogen-bond donors (Lipinski definition) is 2. The molecular formula is C13H29N3O. The van der Waals surface area contributed by atoms with E-state index in [2.05, 4.69) is 36.4 Å². The van der Waals surface area contributed by atoms with Crippen molar-refractivity contribution < 1.29 is 4.74 Å². The number of nitrogens with zero attached hydrogens (tertiary/aromatic N) is 1. The van der Waals surface area contributed by atoms with E-state index in [9.17, 15) is 0 Å². The van der Waals surface area contributed by atoms with Crippen LogP contribution in [0.1, 0.15) is 46.5 Å². The second-order valence-corrected chi connectivity index (χ2v) is 4.29. The van der Waals surface area contributed by atoms with Gasteiger partial charge in [-0.3, -0.25) is 4.99 Å². The second kappa shape index (κ2) is 11.7. The van der Waals surface area contributed by atoms with Crippen molar-refractivity contribution in [3.8, 4) is 0 Å². The summed E-state index contributed by atoms with van der Waals surface area (Å²) in [5.74, 6) is 0.897. The summed E-state index contributed by atoms with van der Waals surface area (Å²) in [6, 6.07) is 0.474. The van der Waals surface area contributed by atoms with Crippen LogP contribution in [-0.4, -0.2) is 38.8 Å². The Morgan fingerprint density at radius 2 is 2.06 bits per heavy atom. The fourth-order valence-electron chi connectivity index (χ4n) is 1.57. The van der Waals surface area contributed by atoms with Crippen LogP contribution in [0.15, 0.2) is 4.99 Å². The van der Waals surface area contributed by atoms with Crippen molar-refractivity contribution in [3.05, 3.63) is 0 Å². The highest BCUT2D eigenvalue weighted by atomic mass is 16.5. The highest BCUT2D eigenvalue weighted by Crippen LogP contribution is 2.02. The van der Waals surface area contributed by atoms with Gasteiger partial charge in [0.1, 0.15) is 0 Å². The van der Waals surface area contributed by atoms with Crippen LogP contribution < -0.4 is 10.6 Å². The van der Waals surface area contributed by atoms with Gasteiger partial charge in [-0.15, -0.1) is 0 Å². The van der Waals surface area contributed by atoms with Gasteiger partial charge in [-0.25, -0.2) is 0 Å². The number of aliphatic imine (C=N–C) groups is 1. The minimum absolute atomic E-state index is 0.474. The van der Waals surface area contributed by atoms with Crippen LogP contribution >= 0.6 is 0 Å². The minimum atomic E-state index is 0.474. The van der Waals surface area contributed by atoms with E-state index < -0.39 is 0 Å². The quantitative estimate of drug-likeness (QED) is 0.370. The predicted octanol–water partition coefficient (Wildman–Crippen LogP) is 2.16. The molecule has 0 aliphatic heterocycles. The van der Waals surface area contributed by atoms with Crippen molar-refractivity contribution in [1.29, 1.82) is 0 Å². The Bertz CT molecular complexity index is 195. The first-order valence-corrected chi connectivity index (χ1v) is 6.78. The summed E-state index contributed by atoms with van der Waals surface area (Å²) in [5.41, 5.74) is 0. The first-order valence-electron chi connectivity index (χ1n) is 6.78. The molecule has 0 aliphatic carbocycles. The molecule has 0 aromatic heterocycles. The number of guanidine groups is 1. The van der Waals surface area contributed by atoms with Crippen LogP contribution in [0.4, 0.5) is 0 Å². The summed E-state index contributed by atoms with van der Waals surface area (Å²) < 4.78 is 4.99. The number of hydrogen-bond acceptors (Lipinski definition) is 2. The normalized spacial score (nSPS) is 13.5. The zero-order chi connectivity index (χ0) is 12.9. The third kappa shape index (κ3) is 10.1. The number of unbranched alkanes of at least 4 members (excludes halogenated alkanes) is 2. The van der Waals surface area contributed by atoms with Crippen molar-refractivity contribution >= 4 is 5.96 Å². The molecule has 0 aliphatic rings. The fourth-order valence-corrected chi connectivity index (χ4v) is 1.57. The maximum atomic E-state index is 4.99. The van der Waals surface area contributed by atoms with E-state index >= 15 is 0 Å². The van der Waals surface area contributed by atoms with Gasteiger partial charge in [-0.2, -0.15) is 0 Å². The standard InChI is InChI=1S/C13H29N3O/c1-5-7-8-9-12(3)16-13(14-6-2)15-10-11-17-4/h12H,5-11H2,1-4H3,(H2,14,15,16). The maximum Gasteiger partial charge on any atom is 0.191 e. The predicted molar refractivity (Wildman–Crippen MR) is 74.6 cm³/mol. The molecule has 0 spiro atoms. The van der Waals surface area contributed by atoms with E-state index in [1.54, 1.807) is 7.11 Å². The first-order chi connectivity index (χ1) is 8.24. The Hall–Kier alpha value is -0.770. The average molecular weight is 243 g/mol. The topological polar surface area (TPSA) is 45.7 Å². The molecule has 4 nitrogen and oxygen atoms in total. The van der Waals surface area contributed by atoms with E-state index in [0.717, 1.165) is 12.5 Å². The Morgan fingerprint density at radius 3 is 2.65 bits per heavy atom. The average Bonchev–Trinajstić information content (AvgIpc) is 2.30. The monoisotopic (exact) mass is 243 g/mol. The van der Waals surface area contributed by atoms with Gasteiger partial charge in [-0.1, -0.05) is 26.2 Å². The van der Waals surface area contributed by atoms with Gasteiger partial charge in [0, 0.05) is 19.7 Å². The molecule has 0 rings (SSSR count). The summed E-state index contributed by atoms with van der Waals surface area (Å²) in [6.45, 7) is 8.78. The Labute approximate surface area is 106 Å². The SMILES string of the molecule is CCCCCC(C)NC(=NCCOC)NCC.